The molecule has 1 saturated heterocycles. The maximum Gasteiger partial charge on any atom is 0.413 e. The summed E-state index contributed by atoms with van der Waals surface area (Å²) in [5.41, 5.74) is 1.41. The topological polar surface area (TPSA) is 80.3 Å². The number of fused-ring (bicyclic) bond motifs is 2. The third-order valence-electron chi connectivity index (χ3n) is 5.88. The summed E-state index contributed by atoms with van der Waals surface area (Å²) in [7, 11) is 3.17. The summed E-state index contributed by atoms with van der Waals surface area (Å²) in [5.74, 6) is 1.87. The highest BCUT2D eigenvalue weighted by molar-refractivity contribution is 5.75. The molecule has 1 amide bonds. The molecular formula is C22H26N2O5. The van der Waals surface area contributed by atoms with Crippen LogP contribution < -0.4 is 19.5 Å². The normalized spacial score (nSPS) is 19.1. The number of hydrogen-bond donors (Lipinski definition) is 2. The van der Waals surface area contributed by atoms with Gasteiger partial charge in [0.2, 0.25) is 0 Å². The lowest BCUT2D eigenvalue weighted by atomic mass is 9.79. The highest BCUT2D eigenvalue weighted by Crippen LogP contribution is 2.41. The van der Waals surface area contributed by atoms with Crippen LogP contribution in [0.5, 0.6) is 17.2 Å². The first-order valence-corrected chi connectivity index (χ1v) is 9.76. The summed E-state index contributed by atoms with van der Waals surface area (Å²) < 4.78 is 15.9. The number of carbonyl (C=O) groups excluding carboxylic acids is 1. The number of amides is 1. The number of aliphatic hydroxyl groups excluding tert-OH is 1. The molecule has 0 aromatic heterocycles. The standard InChI is InChI=1S/C22H26N2O5/c1-27-19-8-7-15(13-20(19)28-2)17(25)14-24-11-9-22(10-12-24)16-5-3-4-6-18(16)29-21(26)23-22/h3-8,13,17,25H,9-12,14H2,1-2H3,(H,23,26). The Labute approximate surface area is 170 Å². The lowest BCUT2D eigenvalue weighted by Crippen LogP contribution is -2.56. The van der Waals surface area contributed by atoms with Crippen LogP contribution in [0, 0.1) is 0 Å². The number of para-hydroxylation sites is 1. The van der Waals surface area contributed by atoms with E-state index in [2.05, 4.69) is 10.2 Å². The van der Waals surface area contributed by atoms with Gasteiger partial charge in [0.05, 0.1) is 25.9 Å². The number of methoxy groups -OCH3 is 2. The van der Waals surface area contributed by atoms with Crippen LogP contribution in [0.3, 0.4) is 0 Å². The second kappa shape index (κ2) is 7.93. The Morgan fingerprint density at radius 3 is 2.59 bits per heavy atom. The van der Waals surface area contributed by atoms with E-state index in [-0.39, 0.29) is 0 Å². The molecule has 1 fully saturated rings. The summed E-state index contributed by atoms with van der Waals surface area (Å²) in [6.45, 7) is 2.04. The van der Waals surface area contributed by atoms with Crippen molar-refractivity contribution in [3.05, 3.63) is 53.6 Å². The number of likely N-dealkylation sites (tertiary alicyclic amines) is 1. The molecule has 4 rings (SSSR count). The lowest BCUT2D eigenvalue weighted by molar-refractivity contribution is 0.0670. The van der Waals surface area contributed by atoms with Gasteiger partial charge in [-0.1, -0.05) is 24.3 Å². The largest absolute Gasteiger partial charge is 0.493 e. The Kier molecular flexibility index (Phi) is 5.34. The molecule has 2 aliphatic heterocycles. The van der Waals surface area contributed by atoms with Gasteiger partial charge in [-0.15, -0.1) is 0 Å². The Morgan fingerprint density at radius 2 is 1.86 bits per heavy atom. The molecule has 2 aromatic carbocycles. The molecule has 0 aliphatic carbocycles. The predicted molar refractivity (Wildman–Crippen MR) is 107 cm³/mol. The first-order valence-electron chi connectivity index (χ1n) is 9.76. The zero-order valence-corrected chi connectivity index (χ0v) is 16.7. The number of benzene rings is 2. The minimum atomic E-state index is -0.638. The van der Waals surface area contributed by atoms with E-state index in [1.165, 1.54) is 0 Å². The van der Waals surface area contributed by atoms with Crippen molar-refractivity contribution in [1.82, 2.24) is 10.2 Å². The number of ether oxygens (including phenoxy) is 3. The maximum absolute atomic E-state index is 12.0. The fourth-order valence-electron chi connectivity index (χ4n) is 4.26. The van der Waals surface area contributed by atoms with E-state index in [0.717, 1.165) is 37.1 Å². The van der Waals surface area contributed by atoms with Gasteiger partial charge < -0.3 is 29.5 Å². The van der Waals surface area contributed by atoms with Crippen molar-refractivity contribution in [1.29, 1.82) is 0 Å². The first-order chi connectivity index (χ1) is 14.0. The molecule has 7 nitrogen and oxygen atoms in total. The molecule has 154 valence electrons. The molecule has 29 heavy (non-hydrogen) atoms. The summed E-state index contributed by atoms with van der Waals surface area (Å²) in [5, 5.41) is 13.8. The summed E-state index contributed by atoms with van der Waals surface area (Å²) in [6.07, 6.45) is 0.484. The highest BCUT2D eigenvalue weighted by atomic mass is 16.6. The van der Waals surface area contributed by atoms with Crippen molar-refractivity contribution >= 4 is 6.09 Å². The van der Waals surface area contributed by atoms with Gasteiger partial charge in [-0.3, -0.25) is 0 Å². The minimum absolute atomic E-state index is 0.400. The molecule has 0 radical (unpaired) electrons. The highest BCUT2D eigenvalue weighted by Gasteiger charge is 2.43. The summed E-state index contributed by atoms with van der Waals surface area (Å²) >= 11 is 0. The van der Waals surface area contributed by atoms with Crippen LogP contribution in [-0.4, -0.2) is 50.0 Å². The lowest BCUT2D eigenvalue weighted by Gasteiger charge is -2.45. The second-order valence-corrected chi connectivity index (χ2v) is 7.52. The Hall–Kier alpha value is -2.77. The van der Waals surface area contributed by atoms with E-state index in [1.807, 2.05) is 36.4 Å². The molecule has 2 N–H and O–H groups in total. The molecule has 0 bridgehead atoms. The van der Waals surface area contributed by atoms with Gasteiger partial charge in [0.15, 0.2) is 11.5 Å². The van der Waals surface area contributed by atoms with Crippen LogP contribution >= 0.6 is 0 Å². The Balaban J connectivity index is 1.44. The van der Waals surface area contributed by atoms with Crippen molar-refractivity contribution in [3.63, 3.8) is 0 Å². The fourth-order valence-corrected chi connectivity index (χ4v) is 4.26. The van der Waals surface area contributed by atoms with Gasteiger partial charge in [0.1, 0.15) is 5.75 Å². The van der Waals surface area contributed by atoms with Gasteiger partial charge >= 0.3 is 6.09 Å². The first kappa shape index (κ1) is 19.5. The smallest absolute Gasteiger partial charge is 0.413 e. The molecule has 1 unspecified atom stereocenters. The number of nitrogens with one attached hydrogen (secondary N) is 1. The van der Waals surface area contributed by atoms with Crippen LogP contribution in [0.15, 0.2) is 42.5 Å². The van der Waals surface area contributed by atoms with Crippen LogP contribution in [0.2, 0.25) is 0 Å². The molecule has 1 spiro atoms. The van der Waals surface area contributed by atoms with Crippen LogP contribution in [-0.2, 0) is 5.54 Å². The summed E-state index contributed by atoms with van der Waals surface area (Å²) in [6, 6.07) is 13.2. The van der Waals surface area contributed by atoms with E-state index in [0.29, 0.717) is 23.8 Å². The van der Waals surface area contributed by atoms with Gasteiger partial charge in [0, 0.05) is 25.2 Å². The molecule has 2 heterocycles. The van der Waals surface area contributed by atoms with Crippen molar-refractivity contribution in [2.24, 2.45) is 0 Å². The number of carbonyl (C=O) groups is 1. The average molecular weight is 398 g/mol. The van der Waals surface area contributed by atoms with Crippen LogP contribution in [0.25, 0.3) is 0 Å². The number of β-amino-alcohol motifs (C(OH)–C–C–N with tert-alkyl or cyclic N) is 1. The molecule has 7 heteroatoms. The second-order valence-electron chi connectivity index (χ2n) is 7.52. The molecule has 2 aliphatic rings. The van der Waals surface area contributed by atoms with E-state index >= 15 is 0 Å². The minimum Gasteiger partial charge on any atom is -0.493 e. The molecule has 2 aromatic rings. The number of aliphatic hydroxyl groups is 1. The van der Waals surface area contributed by atoms with E-state index in [1.54, 1.807) is 20.3 Å². The number of nitrogens with zero attached hydrogens (tertiary/aromatic N) is 1. The van der Waals surface area contributed by atoms with Crippen molar-refractivity contribution in [3.8, 4) is 17.2 Å². The van der Waals surface area contributed by atoms with Gasteiger partial charge in [-0.2, -0.15) is 0 Å². The molecular weight excluding hydrogens is 372 g/mol. The van der Waals surface area contributed by atoms with E-state index in [4.69, 9.17) is 14.2 Å². The Morgan fingerprint density at radius 1 is 1.14 bits per heavy atom. The number of piperidine rings is 1. The van der Waals surface area contributed by atoms with Crippen LogP contribution in [0.4, 0.5) is 4.79 Å². The van der Waals surface area contributed by atoms with E-state index < -0.39 is 17.7 Å². The molecule has 1 atom stereocenters. The predicted octanol–water partition coefficient (Wildman–Crippen LogP) is 2.83. The zero-order valence-electron chi connectivity index (χ0n) is 16.7. The van der Waals surface area contributed by atoms with Crippen LogP contribution in [0.1, 0.15) is 30.1 Å². The zero-order chi connectivity index (χ0) is 20.4. The SMILES string of the molecule is COc1ccc(C(O)CN2CCC3(CC2)NC(=O)Oc2ccccc23)cc1OC. The number of hydrogen-bond acceptors (Lipinski definition) is 6. The third-order valence-corrected chi connectivity index (χ3v) is 5.88. The monoisotopic (exact) mass is 398 g/mol. The van der Waals surface area contributed by atoms with Crippen molar-refractivity contribution < 1.29 is 24.1 Å². The van der Waals surface area contributed by atoms with Gasteiger partial charge in [-0.05, 0) is 36.6 Å². The van der Waals surface area contributed by atoms with Crippen molar-refractivity contribution in [2.75, 3.05) is 33.9 Å². The quantitative estimate of drug-likeness (QED) is 0.806. The van der Waals surface area contributed by atoms with Crippen molar-refractivity contribution in [2.45, 2.75) is 24.5 Å². The van der Waals surface area contributed by atoms with Gasteiger partial charge in [0.25, 0.3) is 0 Å². The van der Waals surface area contributed by atoms with Gasteiger partial charge in [-0.25, -0.2) is 4.79 Å². The third kappa shape index (κ3) is 3.75. The molecule has 0 saturated carbocycles. The fraction of sp³-hybridized carbons (Fsp3) is 0.409. The maximum atomic E-state index is 12.0. The Bertz CT molecular complexity index is 893. The average Bonchev–Trinajstić information content (AvgIpc) is 2.74. The number of rotatable bonds is 5. The summed E-state index contributed by atoms with van der Waals surface area (Å²) in [4.78, 5) is 14.3. The van der Waals surface area contributed by atoms with E-state index in [9.17, 15) is 9.90 Å².